The molecule has 0 aromatic heterocycles. The Morgan fingerprint density at radius 1 is 1.42 bits per heavy atom. The highest BCUT2D eigenvalue weighted by atomic mass is 32.2. The molecule has 1 aromatic carbocycles. The number of nitrogens with two attached hydrogens (primary N) is 1. The molecule has 0 bridgehead atoms. The molecular weight excluding hydrogens is 262 g/mol. The van der Waals surface area contributed by atoms with Gasteiger partial charge in [-0.25, -0.2) is 8.42 Å². The smallest absolute Gasteiger partial charge is 0.153 e. The van der Waals surface area contributed by atoms with E-state index in [1.54, 1.807) is 0 Å². The van der Waals surface area contributed by atoms with Gasteiger partial charge in [-0.15, -0.1) is 0 Å². The Morgan fingerprint density at radius 2 is 2.16 bits per heavy atom. The molecule has 1 aliphatic rings. The summed E-state index contributed by atoms with van der Waals surface area (Å²) in [6.45, 7) is 2.83. The van der Waals surface area contributed by atoms with Crippen LogP contribution in [0.15, 0.2) is 24.3 Å². The van der Waals surface area contributed by atoms with Gasteiger partial charge in [0.15, 0.2) is 9.84 Å². The summed E-state index contributed by atoms with van der Waals surface area (Å²) in [5, 5.41) is 0. The van der Waals surface area contributed by atoms with E-state index in [4.69, 9.17) is 10.5 Å². The maximum atomic E-state index is 12.1. The predicted molar refractivity (Wildman–Crippen MR) is 75.7 cm³/mol. The van der Waals surface area contributed by atoms with Crippen molar-refractivity contribution in [3.63, 3.8) is 0 Å². The second-order valence-electron chi connectivity index (χ2n) is 5.23. The summed E-state index contributed by atoms with van der Waals surface area (Å²) in [6.07, 6.45) is 0.520. The molecule has 0 aliphatic carbocycles. The minimum Gasteiger partial charge on any atom is -0.372 e. The molecule has 0 fully saturated rings. The summed E-state index contributed by atoms with van der Waals surface area (Å²) in [7, 11) is -3.14. The first-order chi connectivity index (χ1) is 9.02. The SMILES string of the molecule is CC(CN)CS(=O)(=O)CC1OCCc2ccccc21. The lowest BCUT2D eigenvalue weighted by molar-refractivity contribution is 0.0576. The number of hydrogen-bond acceptors (Lipinski definition) is 4. The molecule has 2 atom stereocenters. The summed E-state index contributed by atoms with van der Waals surface area (Å²) in [6, 6.07) is 7.91. The van der Waals surface area contributed by atoms with Crippen molar-refractivity contribution in [1.29, 1.82) is 0 Å². The van der Waals surface area contributed by atoms with Gasteiger partial charge in [-0.1, -0.05) is 31.2 Å². The lowest BCUT2D eigenvalue weighted by Crippen LogP contribution is -2.28. The van der Waals surface area contributed by atoms with Gasteiger partial charge in [-0.2, -0.15) is 0 Å². The molecule has 19 heavy (non-hydrogen) atoms. The first-order valence-electron chi connectivity index (χ1n) is 6.61. The quantitative estimate of drug-likeness (QED) is 0.884. The van der Waals surface area contributed by atoms with Gasteiger partial charge < -0.3 is 10.5 Å². The van der Waals surface area contributed by atoms with Gasteiger partial charge in [0.05, 0.1) is 24.2 Å². The molecule has 1 aromatic rings. The molecule has 0 saturated heterocycles. The van der Waals surface area contributed by atoms with Crippen molar-refractivity contribution < 1.29 is 13.2 Å². The Bertz CT molecular complexity index is 527. The fourth-order valence-corrected chi connectivity index (χ4v) is 4.29. The standard InChI is InChI=1S/C14H21NO3S/c1-11(8-15)9-19(16,17)10-14-13-5-3-2-4-12(13)6-7-18-14/h2-5,11,14H,6-10,15H2,1H3. The summed E-state index contributed by atoms with van der Waals surface area (Å²) in [5.41, 5.74) is 7.70. The van der Waals surface area contributed by atoms with Crippen molar-refractivity contribution in [3.05, 3.63) is 35.4 Å². The molecule has 1 aliphatic heterocycles. The Hall–Kier alpha value is -0.910. The fourth-order valence-electron chi connectivity index (χ4n) is 2.41. The van der Waals surface area contributed by atoms with Gasteiger partial charge >= 0.3 is 0 Å². The van der Waals surface area contributed by atoms with Crippen LogP contribution in [0.25, 0.3) is 0 Å². The lowest BCUT2D eigenvalue weighted by atomic mass is 9.99. The predicted octanol–water partition coefficient (Wildman–Crippen LogP) is 1.31. The minimum atomic E-state index is -3.14. The van der Waals surface area contributed by atoms with Crippen molar-refractivity contribution in [3.8, 4) is 0 Å². The average Bonchev–Trinajstić information content (AvgIpc) is 2.38. The molecule has 1 heterocycles. The number of rotatable bonds is 5. The van der Waals surface area contributed by atoms with Crippen molar-refractivity contribution in [2.75, 3.05) is 24.7 Å². The second-order valence-corrected chi connectivity index (χ2v) is 7.38. The van der Waals surface area contributed by atoms with Gasteiger partial charge in [0.1, 0.15) is 0 Å². The third kappa shape index (κ3) is 3.78. The number of hydrogen-bond donors (Lipinski definition) is 1. The number of fused-ring (bicyclic) bond motifs is 1. The zero-order valence-electron chi connectivity index (χ0n) is 11.2. The first-order valence-corrected chi connectivity index (χ1v) is 8.44. The summed E-state index contributed by atoms with van der Waals surface area (Å²) < 4.78 is 29.9. The first kappa shape index (κ1) is 14.5. The number of benzene rings is 1. The van der Waals surface area contributed by atoms with Crippen LogP contribution in [0.4, 0.5) is 0 Å². The molecule has 0 amide bonds. The normalized spacial score (nSPS) is 20.8. The largest absolute Gasteiger partial charge is 0.372 e. The molecule has 5 heteroatoms. The second kappa shape index (κ2) is 6.03. The minimum absolute atomic E-state index is 0.0103. The van der Waals surface area contributed by atoms with Crippen molar-refractivity contribution >= 4 is 9.84 Å². The van der Waals surface area contributed by atoms with Crippen LogP contribution in [0.5, 0.6) is 0 Å². The van der Waals surface area contributed by atoms with Gasteiger partial charge in [-0.05, 0) is 30.0 Å². The van der Waals surface area contributed by atoms with Crippen molar-refractivity contribution in [2.45, 2.75) is 19.4 Å². The topological polar surface area (TPSA) is 69.4 Å². The van der Waals surface area contributed by atoms with Gasteiger partial charge in [0, 0.05) is 0 Å². The fraction of sp³-hybridized carbons (Fsp3) is 0.571. The maximum absolute atomic E-state index is 12.1. The van der Waals surface area contributed by atoms with E-state index in [0.717, 1.165) is 12.0 Å². The molecular formula is C14H21NO3S. The Morgan fingerprint density at radius 3 is 2.89 bits per heavy atom. The number of sulfone groups is 1. The zero-order valence-corrected chi connectivity index (χ0v) is 12.0. The maximum Gasteiger partial charge on any atom is 0.153 e. The summed E-state index contributed by atoms with van der Waals surface area (Å²) >= 11 is 0. The van der Waals surface area contributed by atoms with Crippen molar-refractivity contribution in [2.24, 2.45) is 11.7 Å². The van der Waals surface area contributed by atoms with Crippen LogP contribution in [0.3, 0.4) is 0 Å². The molecule has 0 spiro atoms. The summed E-state index contributed by atoms with van der Waals surface area (Å²) in [5.74, 6) is 0.170. The van der Waals surface area contributed by atoms with E-state index in [0.29, 0.717) is 13.2 Å². The highest BCUT2D eigenvalue weighted by Crippen LogP contribution is 2.28. The van der Waals surface area contributed by atoms with Crippen LogP contribution in [0.2, 0.25) is 0 Å². The Balaban J connectivity index is 2.12. The lowest BCUT2D eigenvalue weighted by Gasteiger charge is -2.26. The molecule has 2 unspecified atom stereocenters. The van der Waals surface area contributed by atoms with Crippen LogP contribution in [-0.2, 0) is 21.0 Å². The van der Waals surface area contributed by atoms with Crippen LogP contribution < -0.4 is 5.73 Å². The van der Waals surface area contributed by atoms with Crippen molar-refractivity contribution in [1.82, 2.24) is 0 Å². The van der Waals surface area contributed by atoms with Gasteiger partial charge in [0.25, 0.3) is 0 Å². The van der Waals surface area contributed by atoms with Crippen LogP contribution in [-0.4, -0.2) is 33.1 Å². The zero-order chi connectivity index (χ0) is 13.9. The molecule has 2 rings (SSSR count). The highest BCUT2D eigenvalue weighted by Gasteiger charge is 2.27. The van der Waals surface area contributed by atoms with Gasteiger partial charge in [-0.3, -0.25) is 0 Å². The monoisotopic (exact) mass is 283 g/mol. The molecule has 4 nitrogen and oxygen atoms in total. The van der Waals surface area contributed by atoms with Crippen LogP contribution in [0, 0.1) is 5.92 Å². The molecule has 0 saturated carbocycles. The third-order valence-corrected chi connectivity index (χ3v) is 5.33. The van der Waals surface area contributed by atoms with E-state index >= 15 is 0 Å². The van der Waals surface area contributed by atoms with E-state index in [2.05, 4.69) is 0 Å². The van der Waals surface area contributed by atoms with Gasteiger partial charge in [0.2, 0.25) is 0 Å². The number of ether oxygens (including phenoxy) is 1. The molecule has 2 N–H and O–H groups in total. The van der Waals surface area contributed by atoms with Crippen LogP contribution in [0.1, 0.15) is 24.2 Å². The van der Waals surface area contributed by atoms with E-state index in [1.165, 1.54) is 5.56 Å². The van der Waals surface area contributed by atoms with E-state index in [9.17, 15) is 8.42 Å². The third-order valence-electron chi connectivity index (χ3n) is 3.44. The summed E-state index contributed by atoms with van der Waals surface area (Å²) in [4.78, 5) is 0. The molecule has 0 radical (unpaired) electrons. The highest BCUT2D eigenvalue weighted by molar-refractivity contribution is 7.91. The van der Waals surface area contributed by atoms with E-state index in [1.807, 2.05) is 31.2 Å². The van der Waals surface area contributed by atoms with Crippen LogP contribution >= 0.6 is 0 Å². The Kier molecular flexibility index (Phi) is 4.60. The van der Waals surface area contributed by atoms with E-state index in [-0.39, 0.29) is 23.5 Å². The van der Waals surface area contributed by atoms with E-state index < -0.39 is 9.84 Å². The average molecular weight is 283 g/mol. The molecule has 106 valence electrons. The Labute approximate surface area is 114 Å².